The van der Waals surface area contributed by atoms with Crippen molar-refractivity contribution in [1.29, 1.82) is 0 Å². The Kier molecular flexibility index (Phi) is 4.98. The average molecular weight is 395 g/mol. The third kappa shape index (κ3) is 3.22. The highest BCUT2D eigenvalue weighted by atomic mass is 35.5. The minimum atomic E-state index is -0.241. The molecule has 0 radical (unpaired) electrons. The molecule has 0 saturated carbocycles. The van der Waals surface area contributed by atoms with Crippen LogP contribution in [0.1, 0.15) is 35.1 Å². The quantitative estimate of drug-likeness (QED) is 0.724. The van der Waals surface area contributed by atoms with E-state index in [1.807, 2.05) is 50.2 Å². The van der Waals surface area contributed by atoms with Gasteiger partial charge in [-0.2, -0.15) is 0 Å². The number of rotatable bonds is 4. The van der Waals surface area contributed by atoms with Crippen LogP contribution >= 0.6 is 11.6 Å². The summed E-state index contributed by atoms with van der Waals surface area (Å²) >= 11 is 6.28. The van der Waals surface area contributed by atoms with Crippen LogP contribution in [-0.4, -0.2) is 34.7 Å². The molecule has 144 valence electrons. The Morgan fingerprint density at radius 1 is 0.929 bits per heavy atom. The lowest BCUT2D eigenvalue weighted by Crippen LogP contribution is -2.34. The van der Waals surface area contributed by atoms with E-state index < -0.39 is 0 Å². The van der Waals surface area contributed by atoms with Crippen LogP contribution < -0.4 is 0 Å². The summed E-state index contributed by atoms with van der Waals surface area (Å²) in [5.41, 5.74) is 4.91. The van der Waals surface area contributed by atoms with Crippen LogP contribution in [0.2, 0.25) is 5.02 Å². The van der Waals surface area contributed by atoms with Gasteiger partial charge in [-0.1, -0.05) is 48.0 Å². The first kappa shape index (κ1) is 18.8. The zero-order chi connectivity index (χ0) is 19.8. The highest BCUT2D eigenvalue weighted by Crippen LogP contribution is 2.35. The zero-order valence-electron chi connectivity index (χ0n) is 16.2. The molecule has 2 aromatic rings. The molecule has 0 unspecified atom stereocenters. The predicted molar refractivity (Wildman–Crippen MR) is 111 cm³/mol. The number of nitrogens with zero attached hydrogens (tertiary/aromatic N) is 2. The number of likely N-dealkylation sites (tertiary alicyclic amines) is 1. The summed E-state index contributed by atoms with van der Waals surface area (Å²) in [6.45, 7) is 5.87. The summed E-state index contributed by atoms with van der Waals surface area (Å²) < 4.78 is 0. The third-order valence-corrected chi connectivity index (χ3v) is 6.02. The molecular formula is C23H23ClN2O2. The summed E-state index contributed by atoms with van der Waals surface area (Å²) in [5.74, 6) is -0.463. The number of benzene rings is 2. The Hall–Kier alpha value is -2.59. The van der Waals surface area contributed by atoms with Gasteiger partial charge in [0.1, 0.15) is 5.70 Å². The van der Waals surface area contributed by atoms with Crippen molar-refractivity contribution in [2.45, 2.75) is 33.2 Å². The molecule has 2 aromatic carbocycles. The number of hydrogen-bond acceptors (Lipinski definition) is 3. The zero-order valence-corrected chi connectivity index (χ0v) is 16.9. The lowest BCUT2D eigenvalue weighted by molar-refractivity contribution is -0.138. The first-order valence-corrected chi connectivity index (χ1v) is 10.0. The van der Waals surface area contributed by atoms with E-state index in [1.54, 1.807) is 6.07 Å². The van der Waals surface area contributed by atoms with Gasteiger partial charge in [-0.05, 0) is 55.0 Å². The maximum atomic E-state index is 13.4. The minimum absolute atomic E-state index is 0.184. The fraction of sp³-hybridized carbons (Fsp3) is 0.304. The Labute approximate surface area is 170 Å². The number of carbonyl (C=O) groups excluding carboxylic acids is 2. The van der Waals surface area contributed by atoms with Crippen molar-refractivity contribution >= 4 is 29.0 Å². The molecular weight excluding hydrogens is 372 g/mol. The number of hydrogen-bond donors (Lipinski definition) is 0. The highest BCUT2D eigenvalue weighted by Gasteiger charge is 2.42. The van der Waals surface area contributed by atoms with Gasteiger partial charge in [0, 0.05) is 18.1 Å². The van der Waals surface area contributed by atoms with Crippen LogP contribution in [0.3, 0.4) is 0 Å². The Bertz CT molecular complexity index is 990. The van der Waals surface area contributed by atoms with Crippen LogP contribution in [0.4, 0.5) is 0 Å². The van der Waals surface area contributed by atoms with Gasteiger partial charge in [0.15, 0.2) is 0 Å². The van der Waals surface area contributed by atoms with Crippen LogP contribution in [-0.2, 0) is 16.1 Å². The standard InChI is InChI=1S/C23H23ClN2O2/c1-15-9-10-17(13-16(15)2)20-21(25-11-5-6-12-25)23(28)26(22(20)27)14-18-7-3-4-8-19(18)24/h3-4,7-10,13H,5-6,11-12,14H2,1-2H3. The molecule has 2 aliphatic heterocycles. The smallest absolute Gasteiger partial charge is 0.278 e. The summed E-state index contributed by atoms with van der Waals surface area (Å²) in [6.07, 6.45) is 2.07. The number of halogens is 1. The maximum absolute atomic E-state index is 13.4. The number of aryl methyl sites for hydroxylation is 2. The van der Waals surface area contributed by atoms with Crippen LogP contribution in [0.15, 0.2) is 48.2 Å². The Balaban J connectivity index is 1.77. The van der Waals surface area contributed by atoms with Crippen LogP contribution in [0.5, 0.6) is 0 Å². The van der Waals surface area contributed by atoms with E-state index in [2.05, 4.69) is 4.90 Å². The highest BCUT2D eigenvalue weighted by molar-refractivity contribution is 6.35. The van der Waals surface area contributed by atoms with Gasteiger partial charge in [0.2, 0.25) is 0 Å². The van der Waals surface area contributed by atoms with Crippen molar-refractivity contribution in [1.82, 2.24) is 9.80 Å². The third-order valence-electron chi connectivity index (χ3n) is 5.65. The summed E-state index contributed by atoms with van der Waals surface area (Å²) in [4.78, 5) is 30.1. The molecule has 0 bridgehead atoms. The topological polar surface area (TPSA) is 40.6 Å². The van der Waals surface area contributed by atoms with E-state index in [1.165, 1.54) is 4.90 Å². The SMILES string of the molecule is Cc1ccc(C2=C(N3CCCC3)C(=O)N(Cc3ccccc3Cl)C2=O)cc1C. The minimum Gasteiger partial charge on any atom is -0.366 e. The second kappa shape index (κ2) is 7.44. The summed E-state index contributed by atoms with van der Waals surface area (Å²) in [5, 5.41) is 0.561. The lowest BCUT2D eigenvalue weighted by Gasteiger charge is -2.20. The molecule has 1 fully saturated rings. The van der Waals surface area contributed by atoms with E-state index in [-0.39, 0.29) is 18.4 Å². The normalized spacial score (nSPS) is 17.2. The molecule has 0 spiro atoms. The van der Waals surface area contributed by atoms with Crippen LogP contribution in [0, 0.1) is 13.8 Å². The largest absolute Gasteiger partial charge is 0.366 e. The Morgan fingerprint density at radius 3 is 2.32 bits per heavy atom. The molecule has 4 rings (SSSR count). The molecule has 5 heteroatoms. The van der Waals surface area contributed by atoms with Gasteiger partial charge in [-0.3, -0.25) is 14.5 Å². The molecule has 2 aliphatic rings. The second-order valence-corrected chi connectivity index (χ2v) is 7.91. The van der Waals surface area contributed by atoms with Gasteiger partial charge < -0.3 is 4.90 Å². The number of carbonyl (C=O) groups is 2. The van der Waals surface area contributed by atoms with E-state index >= 15 is 0 Å². The van der Waals surface area contributed by atoms with Crippen molar-refractivity contribution in [3.8, 4) is 0 Å². The van der Waals surface area contributed by atoms with Crippen LogP contribution in [0.25, 0.3) is 5.57 Å². The number of imide groups is 1. The molecule has 0 N–H and O–H groups in total. The molecule has 4 nitrogen and oxygen atoms in total. The number of amides is 2. The van der Waals surface area contributed by atoms with Gasteiger partial charge in [0.05, 0.1) is 12.1 Å². The first-order chi connectivity index (χ1) is 13.5. The Morgan fingerprint density at radius 2 is 1.64 bits per heavy atom. The van der Waals surface area contributed by atoms with Crippen molar-refractivity contribution in [3.05, 3.63) is 75.4 Å². The van der Waals surface area contributed by atoms with E-state index in [0.717, 1.165) is 48.2 Å². The first-order valence-electron chi connectivity index (χ1n) is 9.64. The van der Waals surface area contributed by atoms with Crippen molar-refractivity contribution < 1.29 is 9.59 Å². The fourth-order valence-electron chi connectivity index (χ4n) is 3.90. The molecule has 2 heterocycles. The van der Waals surface area contributed by atoms with E-state index in [0.29, 0.717) is 16.3 Å². The van der Waals surface area contributed by atoms with E-state index in [4.69, 9.17) is 11.6 Å². The average Bonchev–Trinajstić information content (AvgIpc) is 3.28. The molecule has 28 heavy (non-hydrogen) atoms. The summed E-state index contributed by atoms with van der Waals surface area (Å²) in [6, 6.07) is 13.3. The van der Waals surface area contributed by atoms with Gasteiger partial charge in [0.25, 0.3) is 11.8 Å². The molecule has 0 aromatic heterocycles. The molecule has 2 amide bonds. The molecule has 1 saturated heterocycles. The van der Waals surface area contributed by atoms with Gasteiger partial charge in [-0.15, -0.1) is 0 Å². The molecule has 0 atom stereocenters. The van der Waals surface area contributed by atoms with Gasteiger partial charge in [-0.25, -0.2) is 0 Å². The molecule has 0 aliphatic carbocycles. The van der Waals surface area contributed by atoms with Crippen molar-refractivity contribution in [3.63, 3.8) is 0 Å². The predicted octanol–water partition coefficient (Wildman–Crippen LogP) is 4.33. The maximum Gasteiger partial charge on any atom is 0.278 e. The van der Waals surface area contributed by atoms with Gasteiger partial charge >= 0.3 is 0 Å². The second-order valence-electron chi connectivity index (χ2n) is 7.50. The van der Waals surface area contributed by atoms with E-state index in [9.17, 15) is 9.59 Å². The van der Waals surface area contributed by atoms with Crippen molar-refractivity contribution in [2.75, 3.05) is 13.1 Å². The monoisotopic (exact) mass is 394 g/mol. The summed E-state index contributed by atoms with van der Waals surface area (Å²) in [7, 11) is 0. The fourth-order valence-corrected chi connectivity index (χ4v) is 4.09. The van der Waals surface area contributed by atoms with Crippen molar-refractivity contribution in [2.24, 2.45) is 0 Å². The lowest BCUT2D eigenvalue weighted by atomic mass is 9.99.